The summed E-state index contributed by atoms with van der Waals surface area (Å²) in [5.74, 6) is 5.89. The summed E-state index contributed by atoms with van der Waals surface area (Å²) in [6, 6.07) is 11.3. The Bertz CT molecular complexity index is 1340. The number of ether oxygens (including phenoxy) is 1. The van der Waals surface area contributed by atoms with Crippen LogP contribution in [0.4, 0.5) is 8.78 Å². The molecule has 200 valence electrons. The molecule has 3 aromatic rings. The molecule has 3 atom stereocenters. The van der Waals surface area contributed by atoms with Gasteiger partial charge in [0.25, 0.3) is 0 Å². The van der Waals surface area contributed by atoms with Gasteiger partial charge in [-0.15, -0.1) is 0 Å². The lowest BCUT2D eigenvalue weighted by Gasteiger charge is -2.38. The number of benzene rings is 2. The summed E-state index contributed by atoms with van der Waals surface area (Å²) in [5.41, 5.74) is 1.89. The number of carboxylic acid groups (broad SMARTS) is 1. The molecule has 2 aromatic carbocycles. The van der Waals surface area contributed by atoms with Crippen molar-refractivity contribution < 1.29 is 23.4 Å². The minimum absolute atomic E-state index is 0.0830. The zero-order valence-electron chi connectivity index (χ0n) is 21.3. The number of pyridine rings is 1. The summed E-state index contributed by atoms with van der Waals surface area (Å²) in [6.07, 6.45) is 2.97. The Kier molecular flexibility index (Phi) is 9.54. The van der Waals surface area contributed by atoms with Crippen LogP contribution < -0.4 is 4.74 Å². The van der Waals surface area contributed by atoms with E-state index in [0.29, 0.717) is 49.2 Å². The maximum absolute atomic E-state index is 15.5. The first-order valence-corrected chi connectivity index (χ1v) is 13.2. The van der Waals surface area contributed by atoms with Gasteiger partial charge in [0.05, 0.1) is 24.2 Å². The molecule has 1 N–H and O–H groups in total. The van der Waals surface area contributed by atoms with E-state index in [4.69, 9.17) is 16.3 Å². The van der Waals surface area contributed by atoms with E-state index in [1.54, 1.807) is 25.4 Å². The van der Waals surface area contributed by atoms with Crippen molar-refractivity contribution in [3.05, 3.63) is 70.6 Å². The number of hydrogen-bond donors (Lipinski definition) is 1. The maximum Gasteiger partial charge on any atom is 0.303 e. The lowest BCUT2D eigenvalue weighted by atomic mass is 9.79. The molecule has 1 aromatic heterocycles. The number of halogens is 3. The molecule has 1 aliphatic heterocycles. The predicted molar refractivity (Wildman–Crippen MR) is 145 cm³/mol. The summed E-state index contributed by atoms with van der Waals surface area (Å²) in [6.45, 7) is 2.00. The van der Waals surface area contributed by atoms with Gasteiger partial charge in [0.2, 0.25) is 0 Å². The second-order valence-electron chi connectivity index (χ2n) is 9.73. The van der Waals surface area contributed by atoms with Crippen LogP contribution in [0.25, 0.3) is 10.9 Å². The molecule has 8 heteroatoms. The molecular formula is C30H31ClF2N2O3. The topological polar surface area (TPSA) is 62.7 Å². The lowest BCUT2D eigenvalue weighted by Crippen LogP contribution is -2.41. The molecule has 2 heterocycles. The third-order valence-corrected chi connectivity index (χ3v) is 7.58. The molecule has 38 heavy (non-hydrogen) atoms. The Morgan fingerprint density at radius 3 is 2.84 bits per heavy atom. The van der Waals surface area contributed by atoms with E-state index < -0.39 is 18.0 Å². The van der Waals surface area contributed by atoms with Crippen molar-refractivity contribution in [2.75, 3.05) is 26.7 Å². The number of piperidine rings is 1. The predicted octanol–water partition coefficient (Wildman–Crippen LogP) is 6.68. The smallest absolute Gasteiger partial charge is 0.303 e. The van der Waals surface area contributed by atoms with E-state index in [1.807, 2.05) is 18.2 Å². The molecule has 1 aliphatic rings. The third kappa shape index (κ3) is 7.21. The van der Waals surface area contributed by atoms with Crippen molar-refractivity contribution in [2.45, 2.75) is 38.3 Å². The average molecular weight is 541 g/mol. The zero-order valence-corrected chi connectivity index (χ0v) is 22.1. The Hall–Kier alpha value is -3.21. The number of carboxylic acids is 1. The molecule has 0 saturated carbocycles. The monoisotopic (exact) mass is 540 g/mol. The summed E-state index contributed by atoms with van der Waals surface area (Å²) in [7, 11) is 1.58. The van der Waals surface area contributed by atoms with Gasteiger partial charge in [0.15, 0.2) is 0 Å². The number of aliphatic carboxylic acids is 1. The highest BCUT2D eigenvalue weighted by atomic mass is 35.5. The van der Waals surface area contributed by atoms with Gasteiger partial charge in [0.1, 0.15) is 17.7 Å². The normalized spacial score (nSPS) is 18.5. The molecule has 0 spiro atoms. The molecule has 0 amide bonds. The van der Waals surface area contributed by atoms with Crippen LogP contribution in [0.2, 0.25) is 5.02 Å². The van der Waals surface area contributed by atoms with Crippen LogP contribution in [0, 0.1) is 29.5 Å². The van der Waals surface area contributed by atoms with E-state index in [1.165, 1.54) is 12.1 Å². The molecule has 4 rings (SSSR count). The van der Waals surface area contributed by atoms with Crippen LogP contribution in [0.15, 0.2) is 48.7 Å². The Morgan fingerprint density at radius 2 is 2.08 bits per heavy atom. The van der Waals surface area contributed by atoms with Gasteiger partial charge in [-0.3, -0.25) is 14.7 Å². The van der Waals surface area contributed by atoms with Crippen LogP contribution in [-0.2, 0) is 4.79 Å². The highest BCUT2D eigenvalue weighted by Gasteiger charge is 2.30. The molecule has 0 bridgehead atoms. The van der Waals surface area contributed by atoms with Crippen molar-refractivity contribution >= 4 is 28.5 Å². The Morgan fingerprint density at radius 1 is 1.24 bits per heavy atom. The second kappa shape index (κ2) is 13.0. The van der Waals surface area contributed by atoms with Gasteiger partial charge in [-0.25, -0.2) is 8.78 Å². The fourth-order valence-electron chi connectivity index (χ4n) is 5.22. The largest absolute Gasteiger partial charge is 0.497 e. The zero-order chi connectivity index (χ0) is 27.1. The fraction of sp³-hybridized carbons (Fsp3) is 0.400. The van der Waals surface area contributed by atoms with Crippen LogP contribution in [0.3, 0.4) is 0 Å². The Balaban J connectivity index is 1.40. The highest BCUT2D eigenvalue weighted by molar-refractivity contribution is 6.31. The Labute approximate surface area is 226 Å². The van der Waals surface area contributed by atoms with Crippen LogP contribution in [0.1, 0.15) is 49.4 Å². The fourth-order valence-corrected chi connectivity index (χ4v) is 5.43. The number of aromatic nitrogens is 1. The number of fused-ring (bicyclic) bond motifs is 1. The van der Waals surface area contributed by atoms with Crippen LogP contribution in [-0.4, -0.2) is 47.7 Å². The molecule has 2 unspecified atom stereocenters. The minimum Gasteiger partial charge on any atom is -0.497 e. The first kappa shape index (κ1) is 27.8. The van der Waals surface area contributed by atoms with Gasteiger partial charge >= 0.3 is 5.97 Å². The minimum atomic E-state index is -1.16. The first-order chi connectivity index (χ1) is 18.3. The number of rotatable bonds is 9. The van der Waals surface area contributed by atoms with E-state index >= 15 is 4.39 Å². The van der Waals surface area contributed by atoms with Crippen molar-refractivity contribution in [1.29, 1.82) is 0 Å². The SMILES string of the molecule is COc1ccc2nccc([C@@H](F)CCC3CCN(CC#Cc4ccc(F)cc4Cl)CC3CCC(=O)O)c2c1. The quantitative estimate of drug-likeness (QED) is 0.307. The standard InChI is InChI=1S/C30H31ClF2N2O3/c1-38-24-8-10-29-26(18-24)25(12-14-34-29)28(33)9-5-20-13-16-35(19-22(20)6-11-30(36)37)15-2-3-21-4-7-23(32)17-27(21)31/h4,7-8,10,12,14,17-18,20,22,28H,5-6,9,11,13,15-16,19H2,1H3,(H,36,37)/t20?,22?,28-/m0/s1. The molecular weight excluding hydrogens is 510 g/mol. The molecule has 5 nitrogen and oxygen atoms in total. The van der Waals surface area contributed by atoms with E-state index in [0.717, 1.165) is 23.9 Å². The van der Waals surface area contributed by atoms with E-state index in [-0.39, 0.29) is 23.3 Å². The van der Waals surface area contributed by atoms with Gasteiger partial charge in [-0.2, -0.15) is 0 Å². The number of alkyl halides is 1. The summed E-state index contributed by atoms with van der Waals surface area (Å²) >= 11 is 6.06. The number of carbonyl (C=O) groups is 1. The number of likely N-dealkylation sites (tertiary alicyclic amines) is 1. The van der Waals surface area contributed by atoms with Crippen molar-refractivity contribution in [3.8, 4) is 17.6 Å². The molecule has 0 radical (unpaired) electrons. The van der Waals surface area contributed by atoms with Crippen molar-refractivity contribution in [2.24, 2.45) is 11.8 Å². The summed E-state index contributed by atoms with van der Waals surface area (Å²) in [5, 5.41) is 10.3. The molecule has 1 saturated heterocycles. The van der Waals surface area contributed by atoms with Gasteiger partial charge in [-0.05, 0) is 92.1 Å². The van der Waals surface area contributed by atoms with Gasteiger partial charge in [-0.1, -0.05) is 23.4 Å². The van der Waals surface area contributed by atoms with Crippen LogP contribution >= 0.6 is 11.6 Å². The second-order valence-corrected chi connectivity index (χ2v) is 10.1. The lowest BCUT2D eigenvalue weighted by molar-refractivity contribution is -0.137. The number of nitrogens with zero attached hydrogens (tertiary/aromatic N) is 2. The summed E-state index contributed by atoms with van der Waals surface area (Å²) in [4.78, 5) is 17.8. The van der Waals surface area contributed by atoms with Crippen LogP contribution in [0.5, 0.6) is 5.75 Å². The van der Waals surface area contributed by atoms with Crippen molar-refractivity contribution in [3.63, 3.8) is 0 Å². The maximum atomic E-state index is 15.5. The number of methoxy groups -OCH3 is 1. The molecule has 1 fully saturated rings. The van der Waals surface area contributed by atoms with Gasteiger partial charge in [0, 0.05) is 30.1 Å². The van der Waals surface area contributed by atoms with E-state index in [2.05, 4.69) is 21.7 Å². The first-order valence-electron chi connectivity index (χ1n) is 12.8. The number of hydrogen-bond acceptors (Lipinski definition) is 4. The van der Waals surface area contributed by atoms with E-state index in [9.17, 15) is 14.3 Å². The third-order valence-electron chi connectivity index (χ3n) is 7.27. The van der Waals surface area contributed by atoms with Gasteiger partial charge < -0.3 is 9.84 Å². The summed E-state index contributed by atoms with van der Waals surface area (Å²) < 4.78 is 34.1. The highest BCUT2D eigenvalue weighted by Crippen LogP contribution is 2.36. The molecule has 0 aliphatic carbocycles. The average Bonchev–Trinajstić information content (AvgIpc) is 2.91. The van der Waals surface area contributed by atoms with Crippen molar-refractivity contribution in [1.82, 2.24) is 9.88 Å².